The van der Waals surface area contributed by atoms with Gasteiger partial charge in [0.2, 0.25) is 0 Å². The number of benzene rings is 2. The molecule has 0 N–H and O–H groups in total. The fourth-order valence-corrected chi connectivity index (χ4v) is 5.72. The zero-order valence-corrected chi connectivity index (χ0v) is 22.7. The summed E-state index contributed by atoms with van der Waals surface area (Å²) in [6.45, 7) is 8.25. The first-order chi connectivity index (χ1) is 18.0. The Labute approximate surface area is 222 Å². The average Bonchev–Trinajstić information content (AvgIpc) is 3.63. The molecule has 2 aromatic carbocycles. The van der Waals surface area contributed by atoms with Gasteiger partial charge in [0.15, 0.2) is 5.03 Å². The summed E-state index contributed by atoms with van der Waals surface area (Å²) >= 11 is 1.02. The van der Waals surface area contributed by atoms with Crippen molar-refractivity contribution in [2.45, 2.75) is 43.6 Å². The number of hydrogen-bond acceptors (Lipinski definition) is 7. The third-order valence-electron chi connectivity index (χ3n) is 7.54. The van der Waals surface area contributed by atoms with E-state index < -0.39 is 0 Å². The Balaban J connectivity index is 1.44. The van der Waals surface area contributed by atoms with Crippen molar-refractivity contribution in [1.29, 1.82) is 0 Å². The van der Waals surface area contributed by atoms with Crippen LogP contribution < -0.4 is 9.64 Å². The highest BCUT2D eigenvalue weighted by atomic mass is 32.2. The summed E-state index contributed by atoms with van der Waals surface area (Å²) in [5, 5.41) is 5.34. The maximum atomic E-state index is 13.9. The Morgan fingerprint density at radius 3 is 2.27 bits per heavy atom. The highest BCUT2D eigenvalue weighted by Gasteiger charge is 2.45. The van der Waals surface area contributed by atoms with E-state index in [0.29, 0.717) is 23.7 Å². The molecule has 8 nitrogen and oxygen atoms in total. The van der Waals surface area contributed by atoms with E-state index in [1.807, 2.05) is 29.2 Å². The first-order valence-corrected chi connectivity index (χ1v) is 13.6. The predicted octanol–water partition coefficient (Wildman–Crippen LogP) is 5.04. The molecule has 0 saturated heterocycles. The van der Waals surface area contributed by atoms with Crippen LogP contribution in [0.4, 0.5) is 5.69 Å². The maximum Gasteiger partial charge on any atom is 0.277 e. The number of aromatic nitrogens is 2. The number of hydrogen-bond donors (Lipinski definition) is 0. The van der Waals surface area contributed by atoms with Gasteiger partial charge in [0.05, 0.1) is 31.9 Å². The largest absolute Gasteiger partial charge is 0.497 e. The lowest BCUT2D eigenvalue weighted by molar-refractivity contribution is -0.160. The summed E-state index contributed by atoms with van der Waals surface area (Å²) in [6, 6.07) is 16.1. The zero-order valence-electron chi connectivity index (χ0n) is 21.9. The molecule has 2 aliphatic rings. The van der Waals surface area contributed by atoms with Crippen LogP contribution in [0.5, 0.6) is 5.75 Å². The SMILES string of the molecule is CCN(CC)CC1(c2ccc(N3CCc4c(SOOC)nn(-c5ccc(OC)cc5)c4C3=O)cc2)CC1. The van der Waals surface area contributed by atoms with E-state index in [9.17, 15) is 4.79 Å². The zero-order chi connectivity index (χ0) is 26.0. The van der Waals surface area contributed by atoms with E-state index in [1.165, 1.54) is 25.5 Å². The number of likely N-dealkylation sites (N-methyl/N-ethyl adjacent to an activating group) is 1. The van der Waals surface area contributed by atoms with Crippen LogP contribution in [-0.4, -0.2) is 61.0 Å². The van der Waals surface area contributed by atoms with Crippen molar-refractivity contribution in [3.05, 3.63) is 65.4 Å². The molecular weight excluding hydrogens is 488 g/mol. The minimum atomic E-state index is -0.0779. The van der Waals surface area contributed by atoms with Crippen LogP contribution in [0.25, 0.3) is 5.69 Å². The first kappa shape index (κ1) is 25.8. The molecule has 0 unspecified atom stereocenters. The van der Waals surface area contributed by atoms with Crippen LogP contribution in [-0.2, 0) is 21.1 Å². The first-order valence-electron chi connectivity index (χ1n) is 12.8. The van der Waals surface area contributed by atoms with Crippen LogP contribution in [0.2, 0.25) is 0 Å². The molecule has 37 heavy (non-hydrogen) atoms. The molecule has 0 spiro atoms. The fraction of sp³-hybridized carbons (Fsp3) is 0.429. The summed E-state index contributed by atoms with van der Waals surface area (Å²) < 4.78 is 12.1. The monoisotopic (exact) mass is 522 g/mol. The van der Waals surface area contributed by atoms with Crippen molar-refractivity contribution >= 4 is 23.6 Å². The highest BCUT2D eigenvalue weighted by molar-refractivity contribution is 7.94. The van der Waals surface area contributed by atoms with E-state index in [0.717, 1.165) is 54.4 Å². The van der Waals surface area contributed by atoms with Gasteiger partial charge in [0.1, 0.15) is 11.4 Å². The molecule has 0 bridgehead atoms. The van der Waals surface area contributed by atoms with Gasteiger partial charge in [-0.05, 0) is 74.3 Å². The molecule has 5 rings (SSSR count). The van der Waals surface area contributed by atoms with Crippen molar-refractivity contribution in [1.82, 2.24) is 14.7 Å². The predicted molar refractivity (Wildman–Crippen MR) is 145 cm³/mol. The third kappa shape index (κ3) is 5.01. The van der Waals surface area contributed by atoms with Crippen molar-refractivity contribution in [3.63, 3.8) is 0 Å². The quantitative estimate of drug-likeness (QED) is 0.198. The normalized spacial score (nSPS) is 16.2. The Kier molecular flexibility index (Phi) is 7.57. The number of methoxy groups -OCH3 is 1. The van der Waals surface area contributed by atoms with Crippen molar-refractivity contribution < 1.29 is 18.8 Å². The van der Waals surface area contributed by atoms with Gasteiger partial charge in [-0.15, -0.1) is 0 Å². The molecule has 1 saturated carbocycles. The average molecular weight is 523 g/mol. The lowest BCUT2D eigenvalue weighted by Gasteiger charge is -2.29. The smallest absolute Gasteiger partial charge is 0.277 e. The number of fused-ring (bicyclic) bond motifs is 1. The maximum absolute atomic E-state index is 13.9. The van der Waals surface area contributed by atoms with Gasteiger partial charge in [-0.2, -0.15) is 9.43 Å². The third-order valence-corrected chi connectivity index (χ3v) is 8.23. The summed E-state index contributed by atoms with van der Waals surface area (Å²) in [4.78, 5) is 23.0. The van der Waals surface area contributed by atoms with Crippen LogP contribution in [0.15, 0.2) is 53.6 Å². The van der Waals surface area contributed by atoms with Gasteiger partial charge in [0.25, 0.3) is 5.91 Å². The summed E-state index contributed by atoms with van der Waals surface area (Å²) in [6.07, 6.45) is 3.11. The number of carbonyl (C=O) groups excluding carboxylic acids is 1. The number of rotatable bonds is 11. The molecule has 3 aromatic rings. The lowest BCUT2D eigenvalue weighted by atomic mass is 9.94. The molecule has 9 heteroatoms. The van der Waals surface area contributed by atoms with Crippen LogP contribution in [0.3, 0.4) is 0 Å². The number of carbonyl (C=O) groups is 1. The van der Waals surface area contributed by atoms with E-state index in [-0.39, 0.29) is 11.3 Å². The molecule has 196 valence electrons. The molecule has 1 aromatic heterocycles. The van der Waals surface area contributed by atoms with Gasteiger partial charge in [-0.3, -0.25) is 4.79 Å². The fourth-order valence-electron chi connectivity index (χ4n) is 5.18. The van der Waals surface area contributed by atoms with E-state index >= 15 is 0 Å². The van der Waals surface area contributed by atoms with Crippen molar-refractivity contribution in [3.8, 4) is 11.4 Å². The molecule has 1 aliphatic heterocycles. The van der Waals surface area contributed by atoms with Gasteiger partial charge >= 0.3 is 0 Å². The Morgan fingerprint density at radius 1 is 1.00 bits per heavy atom. The second kappa shape index (κ2) is 10.9. The Bertz CT molecular complexity index is 1230. The van der Waals surface area contributed by atoms with Crippen molar-refractivity contribution in [2.24, 2.45) is 0 Å². The van der Waals surface area contributed by atoms with Gasteiger partial charge < -0.3 is 14.5 Å². The van der Waals surface area contributed by atoms with Crippen molar-refractivity contribution in [2.75, 3.05) is 45.3 Å². The minimum Gasteiger partial charge on any atom is -0.497 e. The summed E-state index contributed by atoms with van der Waals surface area (Å²) in [5.41, 5.74) is 4.72. The molecule has 1 fully saturated rings. The van der Waals surface area contributed by atoms with Crippen LogP contribution in [0.1, 0.15) is 48.3 Å². The van der Waals surface area contributed by atoms with Crippen LogP contribution >= 0.6 is 12.0 Å². The van der Waals surface area contributed by atoms with E-state index in [4.69, 9.17) is 19.1 Å². The van der Waals surface area contributed by atoms with E-state index in [2.05, 4.69) is 43.0 Å². The molecule has 1 aliphatic carbocycles. The standard InChI is InChI=1S/C28H34N4O4S/c1-5-30(6-2)19-28(16-17-28)20-7-9-21(10-8-20)31-18-15-24-25(27(31)33)32(29-26(24)37-36-35-4)22-11-13-23(34-3)14-12-22/h7-14H,5-6,15-19H2,1-4H3. The number of amides is 1. The molecule has 1 amide bonds. The van der Waals surface area contributed by atoms with Gasteiger partial charge in [-0.25, -0.2) is 9.57 Å². The topological polar surface area (TPSA) is 69.1 Å². The summed E-state index contributed by atoms with van der Waals surface area (Å²) in [7, 11) is 3.08. The molecule has 0 atom stereocenters. The number of nitrogens with zero attached hydrogens (tertiary/aromatic N) is 4. The second-order valence-corrected chi connectivity index (χ2v) is 10.2. The highest BCUT2D eigenvalue weighted by Crippen LogP contribution is 2.49. The molecule has 0 radical (unpaired) electrons. The van der Waals surface area contributed by atoms with E-state index in [1.54, 1.807) is 11.8 Å². The van der Waals surface area contributed by atoms with Gasteiger partial charge in [0, 0.05) is 29.8 Å². The number of anilines is 1. The molecular formula is C28H34N4O4S. The number of ether oxygens (including phenoxy) is 1. The summed E-state index contributed by atoms with van der Waals surface area (Å²) in [5.74, 6) is 0.662. The minimum absolute atomic E-state index is 0.0779. The van der Waals surface area contributed by atoms with Crippen LogP contribution in [0, 0.1) is 0 Å². The molecule has 2 heterocycles. The Hall–Kier alpha value is -2.85. The lowest BCUT2D eigenvalue weighted by Crippen LogP contribution is -2.38. The van der Waals surface area contributed by atoms with Gasteiger partial charge in [-0.1, -0.05) is 26.0 Å². The second-order valence-electron chi connectivity index (χ2n) is 9.56. The Morgan fingerprint density at radius 2 is 1.68 bits per heavy atom.